The van der Waals surface area contributed by atoms with Crippen LogP contribution in [0.15, 0.2) is 24.3 Å². The van der Waals surface area contributed by atoms with Gasteiger partial charge in [-0.2, -0.15) is 0 Å². The van der Waals surface area contributed by atoms with E-state index in [1.807, 2.05) is 11.0 Å². The van der Waals surface area contributed by atoms with Gasteiger partial charge >= 0.3 is 6.03 Å². The number of nitrogens with zero attached hydrogens (tertiary/aromatic N) is 1. The number of urea groups is 1. The highest BCUT2D eigenvalue weighted by Crippen LogP contribution is 2.45. The summed E-state index contributed by atoms with van der Waals surface area (Å²) in [6.45, 7) is 5.04. The molecule has 1 aromatic rings. The Morgan fingerprint density at radius 1 is 1.25 bits per heavy atom. The van der Waals surface area contributed by atoms with Gasteiger partial charge in [-0.1, -0.05) is 63.8 Å². The van der Waals surface area contributed by atoms with Gasteiger partial charge in [0.2, 0.25) is 0 Å². The van der Waals surface area contributed by atoms with Gasteiger partial charge in [0.05, 0.1) is 5.54 Å². The van der Waals surface area contributed by atoms with Crippen molar-refractivity contribution >= 4 is 6.03 Å². The molecule has 1 unspecified atom stereocenters. The number of benzene rings is 1. The maximum absolute atomic E-state index is 11.9. The number of rotatable bonds is 6. The Labute approximate surface area is 122 Å². The number of carbonyl (C=O) groups is 1. The zero-order valence-corrected chi connectivity index (χ0v) is 12.7. The maximum Gasteiger partial charge on any atom is 0.315 e. The fourth-order valence-electron chi connectivity index (χ4n) is 3.54. The molecular weight excluding hydrogens is 248 g/mol. The second kappa shape index (κ2) is 6.29. The first-order valence-electron chi connectivity index (χ1n) is 7.81. The molecule has 1 aromatic carbocycles. The fraction of sp³-hybridized carbons (Fsp3) is 0.588. The Hall–Kier alpha value is -1.51. The average Bonchev–Trinajstić information content (AvgIpc) is 2.79. The number of amides is 2. The topological polar surface area (TPSA) is 46.3 Å². The van der Waals surface area contributed by atoms with Gasteiger partial charge in [-0.25, -0.2) is 4.79 Å². The minimum Gasteiger partial charge on any atom is -0.351 e. The van der Waals surface area contributed by atoms with Crippen LogP contribution in [0.5, 0.6) is 0 Å². The molecule has 0 saturated carbocycles. The highest BCUT2D eigenvalue weighted by atomic mass is 16.2. The molecule has 1 atom stereocenters. The molecule has 0 spiro atoms. The van der Waals surface area contributed by atoms with Gasteiger partial charge in [-0.3, -0.25) is 0 Å². The second-order valence-corrected chi connectivity index (χ2v) is 5.78. The van der Waals surface area contributed by atoms with E-state index in [2.05, 4.69) is 32.0 Å². The summed E-state index contributed by atoms with van der Waals surface area (Å²) in [6, 6.07) is 8.11. The Bertz CT molecular complexity index is 472. The van der Waals surface area contributed by atoms with Crippen LogP contribution in [0.25, 0.3) is 0 Å². The summed E-state index contributed by atoms with van der Waals surface area (Å²) in [5.41, 5.74) is 8.02. The summed E-state index contributed by atoms with van der Waals surface area (Å²) in [6.07, 6.45) is 6.82. The van der Waals surface area contributed by atoms with Gasteiger partial charge in [0.25, 0.3) is 0 Å². The van der Waals surface area contributed by atoms with Crippen LogP contribution in [-0.2, 0) is 12.1 Å². The normalized spacial score (nSPS) is 21.0. The molecule has 3 heteroatoms. The van der Waals surface area contributed by atoms with Crippen LogP contribution in [0.4, 0.5) is 4.79 Å². The van der Waals surface area contributed by atoms with Crippen molar-refractivity contribution in [3.8, 4) is 0 Å². The minimum absolute atomic E-state index is 0.184. The standard InChI is InChI=1S/C17H26N2O/c1-3-5-6-9-12-17(4-2)15-11-8-7-10-14(15)13-19(17)16(18)20/h7-8,10-11H,3-6,9,12-13H2,1-2H3,(H2,18,20). The second-order valence-electron chi connectivity index (χ2n) is 5.78. The fourth-order valence-corrected chi connectivity index (χ4v) is 3.54. The van der Waals surface area contributed by atoms with Crippen molar-refractivity contribution in [3.63, 3.8) is 0 Å². The predicted molar refractivity (Wildman–Crippen MR) is 82.3 cm³/mol. The number of nitrogens with two attached hydrogens (primary N) is 1. The van der Waals surface area contributed by atoms with E-state index in [0.29, 0.717) is 6.54 Å². The molecule has 0 saturated heterocycles. The summed E-state index contributed by atoms with van der Waals surface area (Å²) in [7, 11) is 0. The molecule has 2 rings (SSSR count). The molecule has 2 amide bonds. The van der Waals surface area contributed by atoms with Crippen molar-refractivity contribution in [3.05, 3.63) is 35.4 Å². The highest BCUT2D eigenvalue weighted by molar-refractivity contribution is 5.74. The first-order valence-corrected chi connectivity index (χ1v) is 7.81. The van der Waals surface area contributed by atoms with Crippen molar-refractivity contribution in [2.45, 2.75) is 64.5 Å². The van der Waals surface area contributed by atoms with Gasteiger partial charge in [0.1, 0.15) is 0 Å². The van der Waals surface area contributed by atoms with E-state index in [9.17, 15) is 4.79 Å². The summed E-state index contributed by atoms with van der Waals surface area (Å²) in [4.78, 5) is 13.8. The Morgan fingerprint density at radius 2 is 2.00 bits per heavy atom. The molecule has 2 N–H and O–H groups in total. The molecule has 0 aliphatic carbocycles. The summed E-state index contributed by atoms with van der Waals surface area (Å²) in [5.74, 6) is 0. The SMILES string of the molecule is CCCCCCC1(CC)c2ccccc2CN1C(N)=O. The summed E-state index contributed by atoms with van der Waals surface area (Å²) >= 11 is 0. The van der Waals surface area contributed by atoms with Gasteiger partial charge in [-0.05, 0) is 24.0 Å². The first-order chi connectivity index (χ1) is 9.65. The largest absolute Gasteiger partial charge is 0.351 e. The third-order valence-corrected chi connectivity index (χ3v) is 4.66. The molecule has 0 bridgehead atoms. The van der Waals surface area contributed by atoms with Crippen LogP contribution in [0.1, 0.15) is 63.5 Å². The molecule has 110 valence electrons. The van der Waals surface area contributed by atoms with E-state index in [0.717, 1.165) is 19.3 Å². The summed E-state index contributed by atoms with van der Waals surface area (Å²) < 4.78 is 0. The van der Waals surface area contributed by atoms with Crippen LogP contribution >= 0.6 is 0 Å². The smallest absolute Gasteiger partial charge is 0.315 e. The van der Waals surface area contributed by atoms with Crippen LogP contribution in [0.3, 0.4) is 0 Å². The first kappa shape index (κ1) is 14.9. The van der Waals surface area contributed by atoms with Crippen molar-refractivity contribution in [1.82, 2.24) is 4.90 Å². The molecule has 0 radical (unpaired) electrons. The van der Waals surface area contributed by atoms with E-state index in [4.69, 9.17) is 5.73 Å². The lowest BCUT2D eigenvalue weighted by Crippen LogP contribution is -2.47. The zero-order valence-electron chi connectivity index (χ0n) is 12.7. The highest BCUT2D eigenvalue weighted by Gasteiger charge is 2.44. The Balaban J connectivity index is 2.27. The van der Waals surface area contributed by atoms with Gasteiger partial charge < -0.3 is 10.6 Å². The van der Waals surface area contributed by atoms with E-state index < -0.39 is 0 Å². The number of unbranched alkanes of at least 4 members (excludes halogenated alkanes) is 3. The van der Waals surface area contributed by atoms with Gasteiger partial charge in [-0.15, -0.1) is 0 Å². The molecule has 3 nitrogen and oxygen atoms in total. The number of primary amides is 1. The molecular formula is C17H26N2O. The van der Waals surface area contributed by atoms with E-state index in [1.54, 1.807) is 0 Å². The third kappa shape index (κ3) is 2.54. The number of hydrogen-bond donors (Lipinski definition) is 1. The number of carbonyl (C=O) groups excluding carboxylic acids is 1. The predicted octanol–water partition coefficient (Wildman–Crippen LogP) is 4.16. The van der Waals surface area contributed by atoms with E-state index in [1.165, 1.54) is 30.4 Å². The lowest BCUT2D eigenvalue weighted by molar-refractivity contribution is 0.114. The monoisotopic (exact) mass is 274 g/mol. The summed E-state index contributed by atoms with van der Waals surface area (Å²) in [5, 5.41) is 0. The lowest BCUT2D eigenvalue weighted by Gasteiger charge is -2.38. The molecule has 1 heterocycles. The molecule has 0 aromatic heterocycles. The average molecular weight is 274 g/mol. The van der Waals surface area contributed by atoms with Crippen molar-refractivity contribution in [2.75, 3.05) is 0 Å². The van der Waals surface area contributed by atoms with Crippen LogP contribution in [0.2, 0.25) is 0 Å². The van der Waals surface area contributed by atoms with Crippen molar-refractivity contribution in [1.29, 1.82) is 0 Å². The zero-order chi connectivity index (χ0) is 14.6. The molecule has 1 aliphatic rings. The molecule has 20 heavy (non-hydrogen) atoms. The number of hydrogen-bond acceptors (Lipinski definition) is 1. The van der Waals surface area contributed by atoms with Crippen LogP contribution < -0.4 is 5.73 Å². The third-order valence-electron chi connectivity index (χ3n) is 4.66. The van der Waals surface area contributed by atoms with Crippen LogP contribution in [0, 0.1) is 0 Å². The quantitative estimate of drug-likeness (QED) is 0.778. The molecule has 0 fully saturated rings. The lowest BCUT2D eigenvalue weighted by atomic mass is 9.82. The van der Waals surface area contributed by atoms with Gasteiger partial charge in [0, 0.05) is 6.54 Å². The van der Waals surface area contributed by atoms with Gasteiger partial charge in [0.15, 0.2) is 0 Å². The van der Waals surface area contributed by atoms with E-state index in [-0.39, 0.29) is 11.6 Å². The van der Waals surface area contributed by atoms with Crippen molar-refractivity contribution in [2.24, 2.45) is 5.73 Å². The Morgan fingerprint density at radius 3 is 2.65 bits per heavy atom. The van der Waals surface area contributed by atoms with Crippen LogP contribution in [-0.4, -0.2) is 10.9 Å². The molecule has 1 aliphatic heterocycles. The minimum atomic E-state index is -0.293. The maximum atomic E-state index is 11.9. The van der Waals surface area contributed by atoms with Crippen molar-refractivity contribution < 1.29 is 4.79 Å². The van der Waals surface area contributed by atoms with E-state index >= 15 is 0 Å². The number of fused-ring (bicyclic) bond motifs is 1. The Kier molecular flexibility index (Phi) is 4.69.